The van der Waals surface area contributed by atoms with Crippen LogP contribution in [-0.2, 0) is 4.74 Å². The van der Waals surface area contributed by atoms with E-state index in [-0.39, 0.29) is 17.8 Å². The van der Waals surface area contributed by atoms with Crippen LogP contribution in [0.3, 0.4) is 0 Å². The molecule has 0 radical (unpaired) electrons. The molecule has 0 bridgehead atoms. The van der Waals surface area contributed by atoms with Gasteiger partial charge in [0.25, 0.3) is 5.91 Å². The van der Waals surface area contributed by atoms with E-state index >= 15 is 0 Å². The molecule has 0 atom stereocenters. The van der Waals surface area contributed by atoms with Gasteiger partial charge in [0.05, 0.1) is 18.1 Å². The number of carbonyl (C=O) groups excluding carboxylic acids is 2. The van der Waals surface area contributed by atoms with Gasteiger partial charge in [0.1, 0.15) is 11.4 Å². The van der Waals surface area contributed by atoms with Gasteiger partial charge in [0, 0.05) is 26.2 Å². The Morgan fingerprint density at radius 3 is 2.44 bits per heavy atom. The second-order valence-electron chi connectivity index (χ2n) is 7.29. The third kappa shape index (κ3) is 4.99. The lowest BCUT2D eigenvalue weighted by Gasteiger charge is -2.36. The van der Waals surface area contributed by atoms with E-state index in [2.05, 4.69) is 15.2 Å². The molecule has 1 N–H and O–H groups in total. The summed E-state index contributed by atoms with van der Waals surface area (Å²) in [5, 5.41) is 2.69. The molecule has 2 aromatic heterocycles. The molecule has 3 rings (SSSR count). The largest absolute Gasteiger partial charge is 0.459 e. The zero-order chi connectivity index (χ0) is 19.4. The quantitative estimate of drug-likeness (QED) is 0.891. The summed E-state index contributed by atoms with van der Waals surface area (Å²) in [7, 11) is 0. The van der Waals surface area contributed by atoms with Crippen molar-refractivity contribution in [2.75, 3.05) is 36.4 Å². The van der Waals surface area contributed by atoms with Crippen LogP contribution in [0.5, 0.6) is 0 Å². The van der Waals surface area contributed by atoms with Crippen LogP contribution in [0.25, 0.3) is 0 Å². The summed E-state index contributed by atoms with van der Waals surface area (Å²) < 4.78 is 10.5. The van der Waals surface area contributed by atoms with Crippen molar-refractivity contribution in [3.63, 3.8) is 0 Å². The first-order valence-corrected chi connectivity index (χ1v) is 8.85. The lowest BCUT2D eigenvalue weighted by Crippen LogP contribution is -2.50. The number of rotatable bonds is 3. The van der Waals surface area contributed by atoms with Gasteiger partial charge >= 0.3 is 6.09 Å². The van der Waals surface area contributed by atoms with Crippen LogP contribution in [-0.4, -0.2) is 53.7 Å². The summed E-state index contributed by atoms with van der Waals surface area (Å²) in [5.41, 5.74) is 0.448. The van der Waals surface area contributed by atoms with Gasteiger partial charge in [-0.3, -0.25) is 4.79 Å². The van der Waals surface area contributed by atoms with Crippen LogP contribution >= 0.6 is 0 Å². The minimum absolute atomic E-state index is 0.235. The minimum atomic E-state index is -0.492. The molecule has 0 spiro atoms. The maximum Gasteiger partial charge on any atom is 0.410 e. The van der Waals surface area contributed by atoms with Crippen LogP contribution in [0.4, 0.5) is 16.3 Å². The number of ether oxygens (including phenoxy) is 1. The topological polar surface area (TPSA) is 87.9 Å². The van der Waals surface area contributed by atoms with Crippen molar-refractivity contribution in [2.24, 2.45) is 0 Å². The van der Waals surface area contributed by atoms with Crippen molar-refractivity contribution in [2.45, 2.75) is 26.4 Å². The predicted molar refractivity (Wildman–Crippen MR) is 101 cm³/mol. The molecule has 3 heterocycles. The Bertz CT molecular complexity index is 773. The van der Waals surface area contributed by atoms with Crippen LogP contribution in [0, 0.1) is 0 Å². The summed E-state index contributed by atoms with van der Waals surface area (Å²) in [4.78, 5) is 32.2. The SMILES string of the molecule is CC(C)(C)OC(=O)N1CCN(c2ccc(NC(=O)c3ccco3)nc2)CC1. The van der Waals surface area contributed by atoms with E-state index in [1.807, 2.05) is 26.8 Å². The van der Waals surface area contributed by atoms with Crippen LogP contribution in [0.15, 0.2) is 41.1 Å². The Morgan fingerprint density at radius 1 is 1.15 bits per heavy atom. The predicted octanol–water partition coefficient (Wildman–Crippen LogP) is 2.98. The average Bonchev–Trinajstić information content (AvgIpc) is 3.16. The Kier molecular flexibility index (Phi) is 5.34. The highest BCUT2D eigenvalue weighted by molar-refractivity contribution is 6.01. The minimum Gasteiger partial charge on any atom is -0.459 e. The molecule has 8 nitrogen and oxygen atoms in total. The maximum absolute atomic E-state index is 12.1. The molecule has 1 aliphatic rings. The zero-order valence-corrected chi connectivity index (χ0v) is 15.8. The van der Waals surface area contributed by atoms with Crippen molar-refractivity contribution in [1.82, 2.24) is 9.88 Å². The second-order valence-corrected chi connectivity index (χ2v) is 7.29. The summed E-state index contributed by atoms with van der Waals surface area (Å²) >= 11 is 0. The van der Waals surface area contributed by atoms with Gasteiger partial charge in [-0.1, -0.05) is 0 Å². The molecule has 1 fully saturated rings. The molecule has 2 aromatic rings. The number of nitrogens with one attached hydrogen (secondary N) is 1. The number of carbonyl (C=O) groups is 2. The number of anilines is 2. The number of hydrogen-bond acceptors (Lipinski definition) is 6. The summed E-state index contributed by atoms with van der Waals surface area (Å²) in [6.07, 6.45) is 2.87. The molecule has 0 aromatic carbocycles. The van der Waals surface area contributed by atoms with Gasteiger partial charge in [0.2, 0.25) is 0 Å². The van der Waals surface area contributed by atoms with E-state index in [1.165, 1.54) is 6.26 Å². The number of pyridine rings is 1. The Hall–Kier alpha value is -3.03. The van der Waals surface area contributed by atoms with E-state index in [9.17, 15) is 9.59 Å². The van der Waals surface area contributed by atoms with Crippen molar-refractivity contribution >= 4 is 23.5 Å². The highest BCUT2D eigenvalue weighted by Crippen LogP contribution is 2.19. The van der Waals surface area contributed by atoms with Crippen molar-refractivity contribution in [1.29, 1.82) is 0 Å². The summed E-state index contributed by atoms with van der Waals surface area (Å²) in [6, 6.07) is 6.89. The van der Waals surface area contributed by atoms with Crippen molar-refractivity contribution in [3.8, 4) is 0 Å². The number of piperazine rings is 1. The molecule has 2 amide bonds. The van der Waals surface area contributed by atoms with E-state index in [0.29, 0.717) is 32.0 Å². The van der Waals surface area contributed by atoms with E-state index in [4.69, 9.17) is 9.15 Å². The third-order valence-electron chi connectivity index (χ3n) is 4.03. The Morgan fingerprint density at radius 2 is 1.89 bits per heavy atom. The van der Waals surface area contributed by atoms with Crippen molar-refractivity contribution in [3.05, 3.63) is 42.5 Å². The maximum atomic E-state index is 12.1. The molecule has 27 heavy (non-hydrogen) atoms. The molecule has 0 unspecified atom stereocenters. The molecule has 8 heteroatoms. The van der Waals surface area contributed by atoms with Gasteiger partial charge < -0.3 is 24.3 Å². The zero-order valence-electron chi connectivity index (χ0n) is 15.8. The van der Waals surface area contributed by atoms with E-state index in [0.717, 1.165) is 5.69 Å². The molecule has 0 aliphatic carbocycles. The third-order valence-corrected chi connectivity index (χ3v) is 4.03. The van der Waals surface area contributed by atoms with Gasteiger partial charge in [-0.25, -0.2) is 9.78 Å². The first kappa shape index (κ1) is 18.8. The Labute approximate surface area is 158 Å². The lowest BCUT2D eigenvalue weighted by molar-refractivity contribution is 0.0240. The molecule has 1 saturated heterocycles. The molecule has 1 aliphatic heterocycles. The van der Waals surface area contributed by atoms with Crippen molar-refractivity contribution < 1.29 is 18.7 Å². The standard InChI is InChI=1S/C19H24N4O4/c1-19(2,3)27-18(25)23-10-8-22(9-11-23)14-6-7-16(20-13-14)21-17(24)15-5-4-12-26-15/h4-7,12-13H,8-11H2,1-3H3,(H,20,21,24). The van der Waals surface area contributed by atoms with Gasteiger partial charge in [-0.2, -0.15) is 0 Å². The average molecular weight is 372 g/mol. The van der Waals surface area contributed by atoms with E-state index < -0.39 is 5.60 Å². The van der Waals surface area contributed by atoms with Crippen LogP contribution in [0.2, 0.25) is 0 Å². The number of hydrogen-bond donors (Lipinski definition) is 1. The smallest absolute Gasteiger partial charge is 0.410 e. The van der Waals surface area contributed by atoms with E-state index in [1.54, 1.807) is 29.3 Å². The van der Waals surface area contributed by atoms with Gasteiger partial charge in [-0.05, 0) is 45.0 Å². The van der Waals surface area contributed by atoms with Gasteiger partial charge in [-0.15, -0.1) is 0 Å². The summed E-state index contributed by atoms with van der Waals surface area (Å²) in [6.45, 7) is 8.15. The van der Waals surface area contributed by atoms with Crippen LogP contribution in [0.1, 0.15) is 31.3 Å². The molecular formula is C19H24N4O4. The fourth-order valence-corrected chi connectivity index (χ4v) is 2.71. The van der Waals surface area contributed by atoms with Gasteiger partial charge in [0.15, 0.2) is 5.76 Å². The highest BCUT2D eigenvalue weighted by atomic mass is 16.6. The Balaban J connectivity index is 1.53. The normalized spacial score (nSPS) is 14.8. The summed E-state index contributed by atoms with van der Waals surface area (Å²) in [5.74, 6) is 0.345. The fraction of sp³-hybridized carbons (Fsp3) is 0.421. The monoisotopic (exact) mass is 372 g/mol. The fourth-order valence-electron chi connectivity index (χ4n) is 2.71. The molecular weight excluding hydrogens is 348 g/mol. The first-order valence-electron chi connectivity index (χ1n) is 8.85. The first-order chi connectivity index (χ1) is 12.8. The number of aromatic nitrogens is 1. The molecule has 0 saturated carbocycles. The second kappa shape index (κ2) is 7.69. The number of nitrogens with zero attached hydrogens (tertiary/aromatic N) is 3. The lowest BCUT2D eigenvalue weighted by atomic mass is 10.2. The van der Waals surface area contributed by atoms with Crippen LogP contribution < -0.4 is 10.2 Å². The molecule has 144 valence electrons. The number of furan rings is 1. The highest BCUT2D eigenvalue weighted by Gasteiger charge is 2.26. The number of amides is 2.